The van der Waals surface area contributed by atoms with E-state index in [9.17, 15) is 0 Å². The van der Waals surface area contributed by atoms with Gasteiger partial charge >= 0.3 is 0 Å². The molecule has 3 nitrogen and oxygen atoms in total. The van der Waals surface area contributed by atoms with Crippen molar-refractivity contribution in [1.29, 1.82) is 0 Å². The maximum atomic E-state index is 5.08. The molecule has 0 amide bonds. The Labute approximate surface area is 62.1 Å². The molecule has 2 N–H and O–H groups in total. The minimum absolute atomic E-state index is 0.597. The van der Waals surface area contributed by atoms with Crippen molar-refractivity contribution < 1.29 is 4.74 Å². The predicted octanol–water partition coefficient (Wildman–Crippen LogP) is -0.560. The zero-order valence-corrected chi connectivity index (χ0v) is 6.68. The van der Waals surface area contributed by atoms with E-state index >= 15 is 0 Å². The van der Waals surface area contributed by atoms with Gasteiger partial charge in [-0.2, -0.15) is 0 Å². The monoisotopic (exact) mass is 144 g/mol. The first-order valence-corrected chi connectivity index (χ1v) is 3.75. The number of hydrogen-bond acceptors (Lipinski definition) is 3. The fourth-order valence-corrected chi connectivity index (χ4v) is 1.46. The van der Waals surface area contributed by atoms with E-state index in [0.717, 1.165) is 19.7 Å². The molecule has 1 aliphatic heterocycles. The Morgan fingerprint density at radius 3 is 3.00 bits per heavy atom. The molecule has 0 saturated carbocycles. The average Bonchev–Trinajstić information content (AvgIpc) is 2.36. The molecule has 3 heteroatoms. The van der Waals surface area contributed by atoms with E-state index in [1.807, 2.05) is 7.05 Å². The summed E-state index contributed by atoms with van der Waals surface area (Å²) in [4.78, 5) is 0. The van der Waals surface area contributed by atoms with Crippen molar-refractivity contribution in [2.45, 2.75) is 6.04 Å². The van der Waals surface area contributed by atoms with Crippen molar-refractivity contribution in [3.05, 3.63) is 0 Å². The maximum Gasteiger partial charge on any atom is 0.0518 e. The SMILES string of the molecule is CNC1CNCC1COC. The lowest BCUT2D eigenvalue weighted by Crippen LogP contribution is -2.34. The second kappa shape index (κ2) is 3.91. The van der Waals surface area contributed by atoms with Crippen LogP contribution in [0.1, 0.15) is 0 Å². The molecule has 2 atom stereocenters. The first-order chi connectivity index (χ1) is 4.88. The third kappa shape index (κ3) is 1.68. The highest BCUT2D eigenvalue weighted by Gasteiger charge is 2.24. The van der Waals surface area contributed by atoms with Crippen LogP contribution in [-0.2, 0) is 4.74 Å². The number of likely N-dealkylation sites (N-methyl/N-ethyl adjacent to an activating group) is 1. The highest BCUT2D eigenvalue weighted by atomic mass is 16.5. The molecule has 0 spiro atoms. The van der Waals surface area contributed by atoms with Gasteiger partial charge in [-0.1, -0.05) is 0 Å². The number of methoxy groups -OCH3 is 1. The molecule has 1 fully saturated rings. The molecule has 1 saturated heterocycles. The second-order valence-corrected chi connectivity index (χ2v) is 2.77. The Morgan fingerprint density at radius 2 is 2.40 bits per heavy atom. The number of rotatable bonds is 3. The highest BCUT2D eigenvalue weighted by Crippen LogP contribution is 2.07. The molecule has 1 aliphatic rings. The van der Waals surface area contributed by atoms with E-state index in [1.165, 1.54) is 0 Å². The van der Waals surface area contributed by atoms with Crippen LogP contribution in [0, 0.1) is 5.92 Å². The van der Waals surface area contributed by atoms with Crippen LogP contribution in [0.2, 0.25) is 0 Å². The van der Waals surface area contributed by atoms with Gasteiger partial charge in [-0.3, -0.25) is 0 Å². The van der Waals surface area contributed by atoms with Gasteiger partial charge in [0.15, 0.2) is 0 Å². The molecule has 0 aromatic rings. The van der Waals surface area contributed by atoms with Gasteiger partial charge in [0.2, 0.25) is 0 Å². The van der Waals surface area contributed by atoms with Gasteiger partial charge in [-0.05, 0) is 7.05 Å². The third-order valence-electron chi connectivity index (χ3n) is 2.09. The Bertz CT molecular complexity index is 97.6. The molecular weight excluding hydrogens is 128 g/mol. The number of nitrogens with one attached hydrogen (secondary N) is 2. The lowest BCUT2D eigenvalue weighted by Gasteiger charge is -2.15. The molecule has 2 unspecified atom stereocenters. The Morgan fingerprint density at radius 1 is 1.60 bits per heavy atom. The summed E-state index contributed by atoms with van der Waals surface area (Å²) >= 11 is 0. The van der Waals surface area contributed by atoms with Gasteiger partial charge in [0.1, 0.15) is 0 Å². The van der Waals surface area contributed by atoms with Crippen molar-refractivity contribution in [2.75, 3.05) is 33.9 Å². The summed E-state index contributed by atoms with van der Waals surface area (Å²) in [6.07, 6.45) is 0. The summed E-state index contributed by atoms with van der Waals surface area (Å²) in [5.74, 6) is 0.648. The van der Waals surface area contributed by atoms with Gasteiger partial charge in [0.25, 0.3) is 0 Å². The maximum absolute atomic E-state index is 5.08. The molecule has 0 bridgehead atoms. The lowest BCUT2D eigenvalue weighted by atomic mass is 10.1. The van der Waals surface area contributed by atoms with E-state index in [0.29, 0.717) is 12.0 Å². The lowest BCUT2D eigenvalue weighted by molar-refractivity contribution is 0.149. The van der Waals surface area contributed by atoms with Crippen LogP contribution < -0.4 is 10.6 Å². The van der Waals surface area contributed by atoms with E-state index in [1.54, 1.807) is 7.11 Å². The quantitative estimate of drug-likeness (QED) is 0.557. The summed E-state index contributed by atoms with van der Waals surface area (Å²) < 4.78 is 5.08. The number of ether oxygens (including phenoxy) is 1. The first kappa shape index (κ1) is 7.98. The molecule has 60 valence electrons. The van der Waals surface area contributed by atoms with Crippen LogP contribution in [-0.4, -0.2) is 39.9 Å². The topological polar surface area (TPSA) is 33.3 Å². The molecule has 10 heavy (non-hydrogen) atoms. The normalized spacial score (nSPS) is 33.0. The van der Waals surface area contributed by atoms with Crippen LogP contribution in [0.25, 0.3) is 0 Å². The fraction of sp³-hybridized carbons (Fsp3) is 1.00. The molecule has 1 rings (SSSR count). The molecule has 0 aromatic carbocycles. The summed E-state index contributed by atoms with van der Waals surface area (Å²) in [6.45, 7) is 3.02. The van der Waals surface area contributed by atoms with E-state index < -0.39 is 0 Å². The largest absolute Gasteiger partial charge is 0.384 e. The second-order valence-electron chi connectivity index (χ2n) is 2.77. The van der Waals surface area contributed by atoms with Gasteiger partial charge in [-0.25, -0.2) is 0 Å². The minimum Gasteiger partial charge on any atom is -0.384 e. The van der Waals surface area contributed by atoms with Crippen LogP contribution in [0.3, 0.4) is 0 Å². The molecule has 0 radical (unpaired) electrons. The smallest absolute Gasteiger partial charge is 0.0518 e. The fourth-order valence-electron chi connectivity index (χ4n) is 1.46. The zero-order valence-electron chi connectivity index (χ0n) is 6.68. The van der Waals surface area contributed by atoms with E-state index in [4.69, 9.17) is 4.74 Å². The zero-order chi connectivity index (χ0) is 7.40. The van der Waals surface area contributed by atoms with Crippen molar-refractivity contribution in [3.63, 3.8) is 0 Å². The predicted molar refractivity (Wildman–Crippen MR) is 41.1 cm³/mol. The molecule has 0 aromatic heterocycles. The standard InChI is InChI=1S/C7H16N2O/c1-8-7-4-9-3-6(7)5-10-2/h6-9H,3-5H2,1-2H3. The van der Waals surface area contributed by atoms with Gasteiger partial charge in [0.05, 0.1) is 6.61 Å². The van der Waals surface area contributed by atoms with Crippen molar-refractivity contribution in [2.24, 2.45) is 5.92 Å². The third-order valence-corrected chi connectivity index (χ3v) is 2.09. The highest BCUT2D eigenvalue weighted by molar-refractivity contribution is 4.85. The summed E-state index contributed by atoms with van der Waals surface area (Å²) in [5, 5.41) is 6.57. The summed E-state index contributed by atoms with van der Waals surface area (Å²) in [6, 6.07) is 0.597. The number of hydrogen-bond donors (Lipinski definition) is 2. The molecular formula is C7H16N2O. The van der Waals surface area contributed by atoms with Gasteiger partial charge < -0.3 is 15.4 Å². The Kier molecular flexibility index (Phi) is 3.12. The first-order valence-electron chi connectivity index (χ1n) is 3.75. The van der Waals surface area contributed by atoms with E-state index in [2.05, 4.69) is 10.6 Å². The van der Waals surface area contributed by atoms with Crippen molar-refractivity contribution >= 4 is 0 Å². The van der Waals surface area contributed by atoms with Crippen LogP contribution in [0.5, 0.6) is 0 Å². The summed E-state index contributed by atoms with van der Waals surface area (Å²) in [7, 11) is 3.76. The summed E-state index contributed by atoms with van der Waals surface area (Å²) in [5.41, 5.74) is 0. The minimum atomic E-state index is 0.597. The molecule has 1 heterocycles. The van der Waals surface area contributed by atoms with E-state index in [-0.39, 0.29) is 0 Å². The van der Waals surface area contributed by atoms with Crippen molar-refractivity contribution in [3.8, 4) is 0 Å². The molecule has 0 aliphatic carbocycles. The Balaban J connectivity index is 2.27. The van der Waals surface area contributed by atoms with Gasteiger partial charge in [-0.15, -0.1) is 0 Å². The van der Waals surface area contributed by atoms with Crippen LogP contribution in [0.4, 0.5) is 0 Å². The van der Waals surface area contributed by atoms with Crippen LogP contribution in [0.15, 0.2) is 0 Å². The Hall–Kier alpha value is -0.120. The average molecular weight is 144 g/mol. The van der Waals surface area contributed by atoms with Crippen molar-refractivity contribution in [1.82, 2.24) is 10.6 Å². The van der Waals surface area contributed by atoms with Crippen LogP contribution >= 0.6 is 0 Å². The van der Waals surface area contributed by atoms with Gasteiger partial charge in [0, 0.05) is 32.2 Å².